The first-order chi connectivity index (χ1) is 13.1. The quantitative estimate of drug-likeness (QED) is 0.555. The molecule has 3 aromatic rings. The Kier molecular flexibility index (Phi) is 6.26. The molecule has 2 amide bonds. The molecule has 1 aromatic heterocycles. The number of hydrogen-bond donors (Lipinski definition) is 2. The van der Waals surface area contributed by atoms with E-state index in [9.17, 15) is 9.59 Å². The monoisotopic (exact) mass is 428 g/mol. The highest BCUT2D eigenvalue weighted by Gasteiger charge is 2.07. The summed E-state index contributed by atoms with van der Waals surface area (Å²) in [6.45, 7) is 0.719. The van der Waals surface area contributed by atoms with Crippen LogP contribution >= 0.6 is 15.9 Å². The molecule has 0 unspecified atom stereocenters. The number of nitrogens with zero attached hydrogens (tertiary/aromatic N) is 4. The molecule has 0 radical (unpaired) electrons. The van der Waals surface area contributed by atoms with Gasteiger partial charge < -0.3 is 10.6 Å². The molecule has 138 valence electrons. The van der Waals surface area contributed by atoms with Gasteiger partial charge in [-0.1, -0.05) is 34.1 Å². The van der Waals surface area contributed by atoms with Crippen LogP contribution in [0.5, 0.6) is 0 Å². The van der Waals surface area contributed by atoms with Crippen LogP contribution in [0.15, 0.2) is 59.3 Å². The Balaban J connectivity index is 1.40. The van der Waals surface area contributed by atoms with E-state index in [0.717, 1.165) is 15.7 Å². The van der Waals surface area contributed by atoms with E-state index in [1.807, 2.05) is 30.3 Å². The van der Waals surface area contributed by atoms with Gasteiger partial charge in [0.25, 0.3) is 5.91 Å². The summed E-state index contributed by atoms with van der Waals surface area (Å²) in [5, 5.41) is 16.5. The maximum absolute atomic E-state index is 12.0. The molecule has 2 aromatic carbocycles. The fourth-order valence-corrected chi connectivity index (χ4v) is 2.80. The van der Waals surface area contributed by atoms with Gasteiger partial charge >= 0.3 is 0 Å². The molecule has 8 nitrogen and oxygen atoms in total. The molecule has 2 N–H and O–H groups in total. The summed E-state index contributed by atoms with van der Waals surface area (Å²) in [5.41, 5.74) is 2.26. The number of amides is 2. The molecular weight excluding hydrogens is 412 g/mol. The first-order valence-corrected chi connectivity index (χ1v) is 9.04. The third-order valence-corrected chi connectivity index (χ3v) is 4.23. The number of aromatic nitrogens is 4. The molecule has 9 heteroatoms. The van der Waals surface area contributed by atoms with Crippen molar-refractivity contribution < 1.29 is 9.59 Å². The van der Waals surface area contributed by atoms with Crippen LogP contribution < -0.4 is 10.6 Å². The van der Waals surface area contributed by atoms with Crippen molar-refractivity contribution in [2.75, 3.05) is 13.1 Å². The Bertz CT molecular complexity index is 912. The number of carbonyl (C=O) groups excluding carboxylic acids is 2. The van der Waals surface area contributed by atoms with Crippen molar-refractivity contribution in [1.29, 1.82) is 0 Å². The van der Waals surface area contributed by atoms with E-state index in [1.165, 1.54) is 11.0 Å². The smallest absolute Gasteiger partial charge is 0.251 e. The van der Waals surface area contributed by atoms with Crippen LogP contribution in [0.1, 0.15) is 15.9 Å². The molecule has 0 atom stereocenters. The van der Waals surface area contributed by atoms with Crippen LogP contribution in [0, 0.1) is 0 Å². The lowest BCUT2D eigenvalue weighted by molar-refractivity contribution is -0.120. The minimum atomic E-state index is -0.177. The van der Waals surface area contributed by atoms with Crippen molar-refractivity contribution in [1.82, 2.24) is 30.8 Å². The average molecular weight is 429 g/mol. The van der Waals surface area contributed by atoms with Gasteiger partial charge in [0.05, 0.1) is 12.1 Å². The molecule has 27 heavy (non-hydrogen) atoms. The Hall–Kier alpha value is -3.07. The summed E-state index contributed by atoms with van der Waals surface area (Å²) in [4.78, 5) is 24.0. The number of tetrazole rings is 1. The predicted octanol–water partition coefficient (Wildman–Crippen LogP) is 1.51. The van der Waals surface area contributed by atoms with E-state index in [4.69, 9.17) is 0 Å². The highest BCUT2D eigenvalue weighted by molar-refractivity contribution is 9.10. The van der Waals surface area contributed by atoms with E-state index < -0.39 is 0 Å². The molecule has 0 saturated heterocycles. The zero-order chi connectivity index (χ0) is 19.1. The molecular formula is C18H17BrN6O2. The van der Waals surface area contributed by atoms with Gasteiger partial charge in [-0.25, -0.2) is 4.68 Å². The normalized spacial score (nSPS) is 10.4. The largest absolute Gasteiger partial charge is 0.354 e. The molecule has 3 rings (SSSR count). The third kappa shape index (κ3) is 5.45. The number of rotatable bonds is 7. The lowest BCUT2D eigenvalue weighted by atomic mass is 10.1. The Morgan fingerprint density at radius 2 is 1.81 bits per heavy atom. The minimum Gasteiger partial charge on any atom is -0.354 e. The molecule has 1 heterocycles. The van der Waals surface area contributed by atoms with E-state index in [1.54, 1.807) is 18.2 Å². The molecule has 0 aliphatic heterocycles. The summed E-state index contributed by atoms with van der Waals surface area (Å²) >= 11 is 3.33. The summed E-state index contributed by atoms with van der Waals surface area (Å²) in [6, 6.07) is 14.5. The molecule has 0 bridgehead atoms. The highest BCUT2D eigenvalue weighted by Crippen LogP contribution is 2.11. The zero-order valence-electron chi connectivity index (χ0n) is 14.3. The summed E-state index contributed by atoms with van der Waals surface area (Å²) in [5.74, 6) is -0.286. The average Bonchev–Trinajstić information content (AvgIpc) is 3.20. The topological polar surface area (TPSA) is 102 Å². The summed E-state index contributed by atoms with van der Waals surface area (Å²) in [6.07, 6.45) is 1.76. The highest BCUT2D eigenvalue weighted by atomic mass is 79.9. The Labute approximate surface area is 164 Å². The van der Waals surface area contributed by atoms with Gasteiger partial charge in [0.1, 0.15) is 6.33 Å². The van der Waals surface area contributed by atoms with Crippen molar-refractivity contribution in [3.05, 3.63) is 70.5 Å². The molecule has 0 aliphatic carbocycles. The maximum Gasteiger partial charge on any atom is 0.251 e. The second kappa shape index (κ2) is 9.04. The second-order valence-corrected chi connectivity index (χ2v) is 6.63. The van der Waals surface area contributed by atoms with Gasteiger partial charge in [0.2, 0.25) is 5.91 Å². The number of hydrogen-bond acceptors (Lipinski definition) is 5. The van der Waals surface area contributed by atoms with Gasteiger partial charge in [-0.05, 0) is 46.3 Å². The maximum atomic E-state index is 12.0. The fourth-order valence-electron chi connectivity index (χ4n) is 2.40. The third-order valence-electron chi connectivity index (χ3n) is 3.73. The van der Waals surface area contributed by atoms with Crippen molar-refractivity contribution >= 4 is 27.7 Å². The first-order valence-electron chi connectivity index (χ1n) is 8.24. The van der Waals surface area contributed by atoms with E-state index in [2.05, 4.69) is 42.1 Å². The second-order valence-electron chi connectivity index (χ2n) is 5.71. The lowest BCUT2D eigenvalue weighted by Crippen LogP contribution is -2.35. The van der Waals surface area contributed by atoms with E-state index in [0.29, 0.717) is 18.7 Å². The van der Waals surface area contributed by atoms with Crippen LogP contribution in [0.2, 0.25) is 0 Å². The Morgan fingerprint density at radius 1 is 1.04 bits per heavy atom. The van der Waals surface area contributed by atoms with Crippen molar-refractivity contribution in [3.8, 4) is 5.69 Å². The van der Waals surface area contributed by atoms with E-state index in [-0.39, 0.29) is 18.2 Å². The van der Waals surface area contributed by atoms with Crippen LogP contribution in [-0.2, 0) is 11.2 Å². The lowest BCUT2D eigenvalue weighted by Gasteiger charge is -2.08. The van der Waals surface area contributed by atoms with E-state index >= 15 is 0 Å². The fraction of sp³-hybridized carbons (Fsp3) is 0.167. The van der Waals surface area contributed by atoms with Gasteiger partial charge in [-0.3, -0.25) is 9.59 Å². The van der Waals surface area contributed by atoms with Gasteiger partial charge in [0, 0.05) is 23.1 Å². The molecule has 0 aliphatic rings. The first kappa shape index (κ1) is 18.7. The van der Waals surface area contributed by atoms with Crippen molar-refractivity contribution in [2.45, 2.75) is 6.42 Å². The molecule has 0 fully saturated rings. The van der Waals surface area contributed by atoms with Crippen molar-refractivity contribution in [2.24, 2.45) is 0 Å². The number of benzene rings is 2. The zero-order valence-corrected chi connectivity index (χ0v) is 15.9. The SMILES string of the molecule is O=C(Cc1ccc(-n2cnnn2)cc1)NCCNC(=O)c1cccc(Br)c1. The number of nitrogens with one attached hydrogen (secondary N) is 2. The van der Waals surface area contributed by atoms with Gasteiger partial charge in [-0.15, -0.1) is 5.10 Å². The number of halogens is 1. The summed E-state index contributed by atoms with van der Waals surface area (Å²) < 4.78 is 2.38. The molecule has 0 spiro atoms. The van der Waals surface area contributed by atoms with Crippen LogP contribution in [0.25, 0.3) is 5.69 Å². The van der Waals surface area contributed by atoms with Gasteiger partial charge in [0.15, 0.2) is 0 Å². The van der Waals surface area contributed by atoms with Crippen molar-refractivity contribution in [3.63, 3.8) is 0 Å². The standard InChI is InChI=1S/C18H17BrN6O2/c19-15-3-1-2-14(11-15)18(27)21-9-8-20-17(26)10-13-4-6-16(7-5-13)25-12-22-23-24-25/h1-7,11-12H,8-10H2,(H,20,26)(H,21,27). The Morgan fingerprint density at radius 3 is 2.52 bits per heavy atom. The predicted molar refractivity (Wildman–Crippen MR) is 102 cm³/mol. The van der Waals surface area contributed by atoms with Crippen LogP contribution in [-0.4, -0.2) is 45.1 Å². The summed E-state index contributed by atoms with van der Waals surface area (Å²) in [7, 11) is 0. The minimum absolute atomic E-state index is 0.109. The van der Waals surface area contributed by atoms with Gasteiger partial charge in [-0.2, -0.15) is 0 Å². The van der Waals surface area contributed by atoms with Crippen LogP contribution in [0.3, 0.4) is 0 Å². The van der Waals surface area contributed by atoms with Crippen LogP contribution in [0.4, 0.5) is 0 Å². The number of carbonyl (C=O) groups is 2. The molecule has 0 saturated carbocycles.